The van der Waals surface area contributed by atoms with Crippen molar-refractivity contribution in [1.29, 1.82) is 5.26 Å². The highest BCUT2D eigenvalue weighted by molar-refractivity contribution is 5.36. The van der Waals surface area contributed by atoms with E-state index in [9.17, 15) is 5.26 Å². The molecule has 1 N–H and O–H groups in total. The molecule has 1 rings (SSSR count). The molecule has 1 unspecified atom stereocenters. The number of hydrogen-bond acceptors (Lipinski definition) is 2. The Bertz CT molecular complexity index is 352. The highest BCUT2D eigenvalue weighted by Gasteiger charge is 2.25. The van der Waals surface area contributed by atoms with Crippen LogP contribution in [-0.2, 0) is 5.54 Å². The number of aryl methyl sites for hydroxylation is 1. The number of nitrogens with one attached hydrogen (secondary N) is 1. The van der Waals surface area contributed by atoms with Crippen LogP contribution in [0, 0.1) is 18.3 Å². The second-order valence-corrected chi connectivity index (χ2v) is 3.58. The summed E-state index contributed by atoms with van der Waals surface area (Å²) in [5, 5.41) is 12.4. The molecule has 0 spiro atoms. The van der Waals surface area contributed by atoms with Crippen molar-refractivity contribution < 1.29 is 0 Å². The summed E-state index contributed by atoms with van der Waals surface area (Å²) in [4.78, 5) is 0. The smallest absolute Gasteiger partial charge is 0.129 e. The summed E-state index contributed by atoms with van der Waals surface area (Å²) in [5.41, 5.74) is 1.64. The van der Waals surface area contributed by atoms with Crippen molar-refractivity contribution in [3.63, 3.8) is 0 Å². The molecule has 0 saturated heterocycles. The third kappa shape index (κ3) is 1.94. The van der Waals surface area contributed by atoms with E-state index >= 15 is 0 Å². The molecule has 2 heteroatoms. The zero-order valence-electron chi connectivity index (χ0n) is 8.96. The minimum atomic E-state index is -0.569. The lowest BCUT2D eigenvalue weighted by Crippen LogP contribution is -2.38. The maximum Gasteiger partial charge on any atom is 0.129 e. The van der Waals surface area contributed by atoms with E-state index in [1.807, 2.05) is 45.0 Å². The van der Waals surface area contributed by atoms with Crippen LogP contribution < -0.4 is 5.32 Å². The lowest BCUT2D eigenvalue weighted by Gasteiger charge is -2.24. The second-order valence-electron chi connectivity index (χ2n) is 3.58. The van der Waals surface area contributed by atoms with Gasteiger partial charge >= 0.3 is 0 Å². The van der Waals surface area contributed by atoms with Crippen LogP contribution in [0.15, 0.2) is 24.3 Å². The average molecular weight is 188 g/mol. The quantitative estimate of drug-likeness (QED) is 0.790. The largest absolute Gasteiger partial charge is 0.296 e. The Kier molecular flexibility index (Phi) is 3.27. The maximum atomic E-state index is 9.18. The second kappa shape index (κ2) is 4.26. The van der Waals surface area contributed by atoms with Crippen LogP contribution in [0.2, 0.25) is 0 Å². The summed E-state index contributed by atoms with van der Waals surface area (Å²) < 4.78 is 0. The first-order valence-corrected chi connectivity index (χ1v) is 4.86. The fourth-order valence-electron chi connectivity index (χ4n) is 1.68. The van der Waals surface area contributed by atoms with E-state index in [0.29, 0.717) is 0 Å². The van der Waals surface area contributed by atoms with Gasteiger partial charge in [-0.05, 0) is 31.5 Å². The van der Waals surface area contributed by atoms with Crippen molar-refractivity contribution in [1.82, 2.24) is 5.32 Å². The van der Waals surface area contributed by atoms with Crippen molar-refractivity contribution >= 4 is 0 Å². The molecule has 1 atom stereocenters. The van der Waals surface area contributed by atoms with Crippen molar-refractivity contribution in [3.8, 4) is 6.07 Å². The lowest BCUT2D eigenvalue weighted by molar-refractivity contribution is 0.479. The van der Waals surface area contributed by atoms with Gasteiger partial charge in [-0.15, -0.1) is 0 Å². The first-order chi connectivity index (χ1) is 6.64. The molecule has 0 aliphatic heterocycles. The first-order valence-electron chi connectivity index (χ1n) is 4.86. The van der Waals surface area contributed by atoms with Gasteiger partial charge in [-0.1, -0.05) is 31.2 Å². The molecular weight excluding hydrogens is 172 g/mol. The highest BCUT2D eigenvalue weighted by Crippen LogP contribution is 2.22. The predicted molar refractivity (Wildman–Crippen MR) is 57.8 cm³/mol. The monoisotopic (exact) mass is 188 g/mol. The molecule has 2 nitrogen and oxygen atoms in total. The summed E-state index contributed by atoms with van der Waals surface area (Å²) in [6.07, 6.45) is 0. The molecule has 0 saturated carbocycles. The van der Waals surface area contributed by atoms with Gasteiger partial charge in [0.1, 0.15) is 5.54 Å². The van der Waals surface area contributed by atoms with Gasteiger partial charge < -0.3 is 0 Å². The Morgan fingerprint density at radius 3 is 2.57 bits per heavy atom. The van der Waals surface area contributed by atoms with E-state index in [4.69, 9.17) is 0 Å². The van der Waals surface area contributed by atoms with E-state index in [1.54, 1.807) is 0 Å². The Morgan fingerprint density at radius 1 is 1.43 bits per heavy atom. The normalized spacial score (nSPS) is 14.4. The molecule has 0 aromatic heterocycles. The van der Waals surface area contributed by atoms with Gasteiger partial charge in [-0.2, -0.15) is 5.26 Å². The van der Waals surface area contributed by atoms with Crippen molar-refractivity contribution in [2.75, 3.05) is 6.54 Å². The standard InChI is InChI=1S/C12H16N2/c1-4-14-12(3,9-13)11-8-6-5-7-10(11)2/h5-8,14H,4H2,1-3H3. The Morgan fingerprint density at radius 2 is 2.07 bits per heavy atom. The third-order valence-electron chi connectivity index (χ3n) is 2.44. The number of benzene rings is 1. The molecule has 14 heavy (non-hydrogen) atoms. The van der Waals surface area contributed by atoms with Gasteiger partial charge in [0.15, 0.2) is 0 Å². The van der Waals surface area contributed by atoms with E-state index < -0.39 is 5.54 Å². The summed E-state index contributed by atoms with van der Waals surface area (Å²) >= 11 is 0. The van der Waals surface area contributed by atoms with E-state index in [0.717, 1.165) is 17.7 Å². The van der Waals surface area contributed by atoms with E-state index in [1.165, 1.54) is 0 Å². The highest BCUT2D eigenvalue weighted by atomic mass is 15.0. The molecule has 0 radical (unpaired) electrons. The number of rotatable bonds is 3. The van der Waals surface area contributed by atoms with Crippen LogP contribution in [0.3, 0.4) is 0 Å². The van der Waals surface area contributed by atoms with Crippen molar-refractivity contribution in [3.05, 3.63) is 35.4 Å². The van der Waals surface area contributed by atoms with Gasteiger partial charge in [0.25, 0.3) is 0 Å². The van der Waals surface area contributed by atoms with Gasteiger partial charge in [0.05, 0.1) is 6.07 Å². The lowest BCUT2D eigenvalue weighted by atomic mass is 9.90. The van der Waals surface area contributed by atoms with Gasteiger partial charge in [0.2, 0.25) is 0 Å². The van der Waals surface area contributed by atoms with Crippen molar-refractivity contribution in [2.24, 2.45) is 0 Å². The molecule has 0 heterocycles. The molecule has 0 aliphatic carbocycles. The Hall–Kier alpha value is -1.33. The molecule has 74 valence electrons. The minimum Gasteiger partial charge on any atom is -0.296 e. The summed E-state index contributed by atoms with van der Waals surface area (Å²) in [5.74, 6) is 0. The van der Waals surface area contributed by atoms with Gasteiger partial charge in [-0.25, -0.2) is 0 Å². The van der Waals surface area contributed by atoms with Gasteiger partial charge in [0, 0.05) is 0 Å². The van der Waals surface area contributed by atoms with Crippen LogP contribution in [0.5, 0.6) is 0 Å². The van der Waals surface area contributed by atoms with Crippen LogP contribution in [0.1, 0.15) is 25.0 Å². The Balaban J connectivity index is 3.14. The molecule has 0 aliphatic rings. The SMILES string of the molecule is CCNC(C)(C#N)c1ccccc1C. The van der Waals surface area contributed by atoms with Gasteiger partial charge in [-0.3, -0.25) is 5.32 Å². The molecular formula is C12H16N2. The molecule has 0 amide bonds. The molecule has 0 fully saturated rings. The zero-order chi connectivity index (χ0) is 10.6. The predicted octanol–water partition coefficient (Wildman–Crippen LogP) is 2.34. The van der Waals surface area contributed by atoms with Crippen molar-refractivity contribution in [2.45, 2.75) is 26.3 Å². The Labute approximate surface area is 85.6 Å². The number of nitrogens with zero attached hydrogens (tertiary/aromatic N) is 1. The van der Waals surface area contributed by atoms with Crippen LogP contribution in [0.25, 0.3) is 0 Å². The summed E-state index contributed by atoms with van der Waals surface area (Å²) in [7, 11) is 0. The maximum absolute atomic E-state index is 9.18. The van der Waals surface area contributed by atoms with Crippen LogP contribution in [0.4, 0.5) is 0 Å². The fraction of sp³-hybridized carbons (Fsp3) is 0.417. The molecule has 0 bridgehead atoms. The molecule has 1 aromatic rings. The summed E-state index contributed by atoms with van der Waals surface area (Å²) in [6.45, 7) is 6.74. The summed E-state index contributed by atoms with van der Waals surface area (Å²) in [6, 6.07) is 10.3. The van der Waals surface area contributed by atoms with Crippen LogP contribution >= 0.6 is 0 Å². The minimum absolute atomic E-state index is 0.569. The first kappa shape index (κ1) is 10.7. The topological polar surface area (TPSA) is 35.8 Å². The van der Waals surface area contributed by atoms with E-state index in [2.05, 4.69) is 11.4 Å². The third-order valence-corrected chi connectivity index (χ3v) is 2.44. The average Bonchev–Trinajstić information content (AvgIpc) is 2.18. The number of nitriles is 1. The zero-order valence-corrected chi connectivity index (χ0v) is 8.96. The fourth-order valence-corrected chi connectivity index (χ4v) is 1.68. The molecule has 1 aromatic carbocycles. The van der Waals surface area contributed by atoms with Crippen LogP contribution in [-0.4, -0.2) is 6.54 Å². The van der Waals surface area contributed by atoms with E-state index in [-0.39, 0.29) is 0 Å². The number of hydrogen-bond donors (Lipinski definition) is 1.